The van der Waals surface area contributed by atoms with Gasteiger partial charge in [0.15, 0.2) is 0 Å². The van der Waals surface area contributed by atoms with E-state index >= 15 is 0 Å². The number of amides is 1. The van der Waals surface area contributed by atoms with Gasteiger partial charge in [0.1, 0.15) is 17.0 Å². The lowest BCUT2D eigenvalue weighted by Gasteiger charge is -2.18. The van der Waals surface area contributed by atoms with E-state index in [0.717, 1.165) is 43.4 Å². The fourth-order valence-corrected chi connectivity index (χ4v) is 4.86. The number of carbonyl (C=O) groups is 1. The highest BCUT2D eigenvalue weighted by atomic mass is 16.5. The average Bonchev–Trinajstić information content (AvgIpc) is 3.46. The predicted octanol–water partition coefficient (Wildman–Crippen LogP) is 1.77. The van der Waals surface area contributed by atoms with E-state index < -0.39 is 5.60 Å². The first-order valence-electron chi connectivity index (χ1n) is 10.3. The average molecular weight is 385 g/mol. The molecule has 0 spiro atoms. The van der Waals surface area contributed by atoms with Crippen LogP contribution < -0.4 is 0 Å². The summed E-state index contributed by atoms with van der Waals surface area (Å²) in [5, 5.41) is 19.3. The number of hydrogen-bond acceptors (Lipinski definition) is 5. The van der Waals surface area contributed by atoms with Crippen LogP contribution in [0.25, 0.3) is 0 Å². The van der Waals surface area contributed by atoms with Crippen LogP contribution in [0, 0.1) is 5.92 Å². The molecular formula is C20H27N5O3. The minimum absolute atomic E-state index is 0.0264. The van der Waals surface area contributed by atoms with Gasteiger partial charge in [0.2, 0.25) is 0 Å². The van der Waals surface area contributed by atoms with Gasteiger partial charge in [-0.15, -0.1) is 5.10 Å². The Balaban J connectivity index is 1.32. The van der Waals surface area contributed by atoms with Gasteiger partial charge in [-0.3, -0.25) is 4.79 Å². The summed E-state index contributed by atoms with van der Waals surface area (Å²) in [6, 6.07) is 2.00. The summed E-state index contributed by atoms with van der Waals surface area (Å²) in [4.78, 5) is 18.2. The van der Waals surface area contributed by atoms with Crippen LogP contribution in [0.4, 0.5) is 0 Å². The van der Waals surface area contributed by atoms with Crippen molar-refractivity contribution >= 4 is 5.91 Å². The fourth-order valence-electron chi connectivity index (χ4n) is 4.86. The molecule has 2 aromatic heterocycles. The smallest absolute Gasteiger partial charge is 0.270 e. The van der Waals surface area contributed by atoms with E-state index in [-0.39, 0.29) is 17.9 Å². The Labute approximate surface area is 163 Å². The van der Waals surface area contributed by atoms with Crippen molar-refractivity contribution in [1.29, 1.82) is 0 Å². The third-order valence-corrected chi connectivity index (χ3v) is 6.59. The summed E-state index contributed by atoms with van der Waals surface area (Å²) in [7, 11) is 0. The molecule has 0 aromatic carbocycles. The molecule has 2 atom stereocenters. The van der Waals surface area contributed by atoms with E-state index in [4.69, 9.17) is 4.74 Å². The molecule has 1 saturated heterocycles. The molecule has 2 aliphatic heterocycles. The standard InChI is InChI=1S/C20H27N5O3/c1-13-9-24(19(26)16-8-14-12-28-7-4-15(14)21-16)10-17(13)25-11-18(22-23-25)20(27)5-2-3-6-20/h8,11,13,17,21,27H,2-7,9-10,12H2,1H3/t13-,17-/m1/s1. The second-order valence-corrected chi connectivity index (χ2v) is 8.57. The van der Waals surface area contributed by atoms with Gasteiger partial charge in [0.05, 0.1) is 25.5 Å². The lowest BCUT2D eigenvalue weighted by atomic mass is 9.99. The van der Waals surface area contributed by atoms with Gasteiger partial charge in [-0.25, -0.2) is 4.68 Å². The number of nitrogens with one attached hydrogen (secondary N) is 1. The summed E-state index contributed by atoms with van der Waals surface area (Å²) < 4.78 is 7.32. The second kappa shape index (κ2) is 6.70. The van der Waals surface area contributed by atoms with Gasteiger partial charge >= 0.3 is 0 Å². The highest BCUT2D eigenvalue weighted by Crippen LogP contribution is 2.38. The SMILES string of the molecule is C[C@@H]1CN(C(=O)c2cc3c([nH]2)CCOC3)C[C@H]1n1cc(C2(O)CCCC2)nn1. The molecule has 28 heavy (non-hydrogen) atoms. The largest absolute Gasteiger partial charge is 0.383 e. The molecule has 150 valence electrons. The number of nitrogens with zero attached hydrogens (tertiary/aromatic N) is 4. The number of aromatic amines is 1. The fraction of sp³-hybridized carbons (Fsp3) is 0.650. The zero-order chi connectivity index (χ0) is 19.3. The first-order valence-corrected chi connectivity index (χ1v) is 10.3. The zero-order valence-electron chi connectivity index (χ0n) is 16.2. The first-order chi connectivity index (χ1) is 13.5. The highest BCUT2D eigenvalue weighted by Gasteiger charge is 2.39. The molecule has 1 saturated carbocycles. The predicted molar refractivity (Wildman–Crippen MR) is 101 cm³/mol. The molecule has 5 rings (SSSR count). The lowest BCUT2D eigenvalue weighted by molar-refractivity contribution is 0.0398. The maximum atomic E-state index is 13.0. The molecule has 8 heteroatoms. The van der Waals surface area contributed by atoms with Crippen LogP contribution in [0.2, 0.25) is 0 Å². The topological polar surface area (TPSA) is 96.3 Å². The van der Waals surface area contributed by atoms with Crippen molar-refractivity contribution in [1.82, 2.24) is 24.9 Å². The summed E-state index contributed by atoms with van der Waals surface area (Å²) in [5.74, 6) is 0.295. The minimum atomic E-state index is -0.832. The molecule has 1 aliphatic carbocycles. The third-order valence-electron chi connectivity index (χ3n) is 6.59. The molecule has 2 N–H and O–H groups in total. The molecule has 8 nitrogen and oxygen atoms in total. The number of H-pyrrole nitrogens is 1. The maximum Gasteiger partial charge on any atom is 0.270 e. The highest BCUT2D eigenvalue weighted by molar-refractivity contribution is 5.93. The van der Waals surface area contributed by atoms with Gasteiger partial charge in [-0.05, 0) is 30.4 Å². The van der Waals surface area contributed by atoms with E-state index in [1.807, 2.05) is 21.8 Å². The number of carbonyl (C=O) groups excluding carboxylic acids is 1. The van der Waals surface area contributed by atoms with E-state index in [9.17, 15) is 9.90 Å². The first kappa shape index (κ1) is 17.9. The van der Waals surface area contributed by atoms with E-state index in [2.05, 4.69) is 22.2 Å². The number of hydrogen-bond donors (Lipinski definition) is 2. The summed E-state index contributed by atoms with van der Waals surface area (Å²) in [6.45, 7) is 4.69. The number of ether oxygens (including phenoxy) is 1. The van der Waals surface area contributed by atoms with Crippen LogP contribution in [0.1, 0.15) is 66.1 Å². The van der Waals surface area contributed by atoms with Gasteiger partial charge in [-0.2, -0.15) is 0 Å². The maximum absolute atomic E-state index is 13.0. The Bertz CT molecular complexity index is 859. The molecule has 0 bridgehead atoms. The van der Waals surface area contributed by atoms with Crippen molar-refractivity contribution in [2.75, 3.05) is 19.7 Å². The van der Waals surface area contributed by atoms with Crippen molar-refractivity contribution in [3.8, 4) is 0 Å². The molecular weight excluding hydrogens is 358 g/mol. The Hall–Kier alpha value is -2.19. The van der Waals surface area contributed by atoms with Crippen LogP contribution in [-0.4, -0.2) is 55.6 Å². The minimum Gasteiger partial charge on any atom is -0.383 e. The van der Waals surface area contributed by atoms with Crippen molar-refractivity contribution in [3.05, 3.63) is 34.9 Å². The van der Waals surface area contributed by atoms with Crippen LogP contribution in [0.5, 0.6) is 0 Å². The van der Waals surface area contributed by atoms with Gasteiger partial charge in [0, 0.05) is 25.2 Å². The van der Waals surface area contributed by atoms with Gasteiger partial charge in [0.25, 0.3) is 5.91 Å². The van der Waals surface area contributed by atoms with Crippen molar-refractivity contribution in [3.63, 3.8) is 0 Å². The van der Waals surface area contributed by atoms with Crippen LogP contribution in [-0.2, 0) is 23.4 Å². The van der Waals surface area contributed by atoms with Crippen LogP contribution in [0.3, 0.4) is 0 Å². The molecule has 3 aliphatic rings. The summed E-state index contributed by atoms with van der Waals surface area (Å²) >= 11 is 0. The van der Waals surface area contributed by atoms with Gasteiger partial charge in [-0.1, -0.05) is 25.0 Å². The summed E-state index contributed by atoms with van der Waals surface area (Å²) in [6.07, 6.45) is 6.25. The number of aromatic nitrogens is 4. The number of likely N-dealkylation sites (tertiary alicyclic amines) is 1. The molecule has 2 fully saturated rings. The van der Waals surface area contributed by atoms with E-state index in [1.165, 1.54) is 0 Å². The molecule has 4 heterocycles. The van der Waals surface area contributed by atoms with Crippen LogP contribution in [0.15, 0.2) is 12.3 Å². The summed E-state index contributed by atoms with van der Waals surface area (Å²) in [5.41, 5.74) is 2.68. The number of aliphatic hydroxyl groups is 1. The normalized spacial score (nSPS) is 26.6. The van der Waals surface area contributed by atoms with Crippen LogP contribution >= 0.6 is 0 Å². The third kappa shape index (κ3) is 2.95. The van der Waals surface area contributed by atoms with Crippen molar-refractivity contribution in [2.24, 2.45) is 5.92 Å². The van der Waals surface area contributed by atoms with Crippen molar-refractivity contribution in [2.45, 2.75) is 57.3 Å². The monoisotopic (exact) mass is 385 g/mol. The van der Waals surface area contributed by atoms with Gasteiger partial charge < -0.3 is 19.7 Å². The quantitative estimate of drug-likeness (QED) is 0.839. The number of rotatable bonds is 3. The van der Waals surface area contributed by atoms with Crippen molar-refractivity contribution < 1.29 is 14.6 Å². The molecule has 1 amide bonds. The lowest BCUT2D eigenvalue weighted by Crippen LogP contribution is -2.29. The Morgan fingerprint density at radius 1 is 1.36 bits per heavy atom. The Morgan fingerprint density at radius 2 is 2.18 bits per heavy atom. The Morgan fingerprint density at radius 3 is 2.96 bits per heavy atom. The second-order valence-electron chi connectivity index (χ2n) is 8.57. The molecule has 0 unspecified atom stereocenters. The Kier molecular flexibility index (Phi) is 4.28. The van der Waals surface area contributed by atoms with E-state index in [0.29, 0.717) is 37.7 Å². The molecule has 2 aromatic rings. The zero-order valence-corrected chi connectivity index (χ0v) is 16.2. The van der Waals surface area contributed by atoms with E-state index in [1.54, 1.807) is 0 Å². The number of fused-ring (bicyclic) bond motifs is 1. The molecule has 0 radical (unpaired) electrons.